The number of likely N-dealkylation sites (tertiary alicyclic amines) is 1. The van der Waals surface area contributed by atoms with E-state index in [0.29, 0.717) is 12.0 Å². The van der Waals surface area contributed by atoms with Crippen LogP contribution in [-0.4, -0.2) is 31.7 Å². The van der Waals surface area contributed by atoms with Gasteiger partial charge in [0.05, 0.1) is 14.2 Å². The molecule has 1 saturated heterocycles. The summed E-state index contributed by atoms with van der Waals surface area (Å²) in [6.07, 6.45) is 2.60. The molecule has 1 heterocycles. The van der Waals surface area contributed by atoms with Gasteiger partial charge in [-0.2, -0.15) is 0 Å². The second kappa shape index (κ2) is 6.49. The maximum absolute atomic E-state index is 5.72. The Balaban J connectivity index is 2.35. The van der Waals surface area contributed by atoms with Crippen LogP contribution in [0.5, 0.6) is 11.5 Å². The van der Waals surface area contributed by atoms with E-state index in [1.165, 1.54) is 30.5 Å². The molecule has 0 aromatic heterocycles. The lowest BCUT2D eigenvalue weighted by Crippen LogP contribution is -2.26. The van der Waals surface area contributed by atoms with Gasteiger partial charge >= 0.3 is 0 Å². The Morgan fingerprint density at radius 3 is 2.50 bits per heavy atom. The van der Waals surface area contributed by atoms with E-state index in [2.05, 4.69) is 37.8 Å². The minimum absolute atomic E-state index is 0.385. The second-order valence-corrected chi connectivity index (χ2v) is 5.99. The van der Waals surface area contributed by atoms with Crippen LogP contribution in [0.1, 0.15) is 50.7 Å². The summed E-state index contributed by atoms with van der Waals surface area (Å²) in [5.74, 6) is 2.31. The molecule has 1 atom stereocenters. The third kappa shape index (κ3) is 2.93. The smallest absolute Gasteiger partial charge is 0.130 e. The summed E-state index contributed by atoms with van der Waals surface area (Å²) >= 11 is 0. The van der Waals surface area contributed by atoms with Gasteiger partial charge in [0.1, 0.15) is 11.5 Å². The third-order valence-electron chi connectivity index (χ3n) is 4.30. The zero-order valence-electron chi connectivity index (χ0n) is 13.4. The maximum Gasteiger partial charge on any atom is 0.130 e. The van der Waals surface area contributed by atoms with Crippen molar-refractivity contribution in [1.82, 2.24) is 4.90 Å². The number of hydrogen-bond donors (Lipinski definition) is 0. The van der Waals surface area contributed by atoms with Gasteiger partial charge in [-0.1, -0.05) is 19.9 Å². The van der Waals surface area contributed by atoms with Gasteiger partial charge in [-0.25, -0.2) is 0 Å². The molecule has 1 aromatic carbocycles. The van der Waals surface area contributed by atoms with E-state index >= 15 is 0 Å². The largest absolute Gasteiger partial charge is 0.496 e. The minimum Gasteiger partial charge on any atom is -0.496 e. The van der Waals surface area contributed by atoms with Crippen molar-refractivity contribution in [2.45, 2.75) is 52.1 Å². The fourth-order valence-corrected chi connectivity index (χ4v) is 3.16. The van der Waals surface area contributed by atoms with Crippen LogP contribution in [0.3, 0.4) is 0 Å². The second-order valence-electron chi connectivity index (χ2n) is 5.99. The van der Waals surface area contributed by atoms with E-state index in [4.69, 9.17) is 9.47 Å². The van der Waals surface area contributed by atoms with Gasteiger partial charge < -0.3 is 9.47 Å². The molecule has 1 aromatic rings. The highest BCUT2D eigenvalue weighted by Crippen LogP contribution is 2.38. The molecule has 0 aliphatic carbocycles. The van der Waals surface area contributed by atoms with Crippen LogP contribution in [0, 0.1) is 0 Å². The predicted octanol–water partition coefficient (Wildman–Crippen LogP) is 3.81. The summed E-state index contributed by atoms with van der Waals surface area (Å²) in [7, 11) is 3.49. The minimum atomic E-state index is 0.385. The van der Waals surface area contributed by atoms with Crippen LogP contribution >= 0.6 is 0 Å². The van der Waals surface area contributed by atoms with Gasteiger partial charge in [0.2, 0.25) is 0 Å². The first-order valence-electron chi connectivity index (χ1n) is 7.56. The number of ether oxygens (including phenoxy) is 2. The summed E-state index contributed by atoms with van der Waals surface area (Å²) in [6, 6.07) is 4.90. The monoisotopic (exact) mass is 277 g/mol. The lowest BCUT2D eigenvalue weighted by Gasteiger charge is -2.24. The van der Waals surface area contributed by atoms with E-state index in [1.54, 1.807) is 14.2 Å². The Bertz CT molecular complexity index is 457. The first kappa shape index (κ1) is 15.2. The summed E-state index contributed by atoms with van der Waals surface area (Å²) in [6.45, 7) is 8.83. The Hall–Kier alpha value is -1.22. The lowest BCUT2D eigenvalue weighted by atomic mass is 9.97. The van der Waals surface area contributed by atoms with E-state index in [1.807, 2.05) is 0 Å². The summed E-state index contributed by atoms with van der Waals surface area (Å²) in [4.78, 5) is 2.54. The molecule has 1 aliphatic rings. The van der Waals surface area contributed by atoms with Crippen LogP contribution in [0.15, 0.2) is 12.1 Å². The van der Waals surface area contributed by atoms with E-state index in [9.17, 15) is 0 Å². The van der Waals surface area contributed by atoms with Crippen molar-refractivity contribution in [3.05, 3.63) is 23.3 Å². The molecule has 0 N–H and O–H groups in total. The summed E-state index contributed by atoms with van der Waals surface area (Å²) in [5, 5.41) is 0. The van der Waals surface area contributed by atoms with Crippen molar-refractivity contribution in [3.8, 4) is 11.5 Å². The standard InChI is InChI=1S/C17H27NO2/c1-12(2)16-15(19-4)9-8-14(17(16)20-5)11-18-10-6-7-13(18)3/h8-9,12-13H,6-7,10-11H2,1-5H3. The first-order chi connectivity index (χ1) is 9.58. The van der Waals surface area contributed by atoms with Crippen molar-refractivity contribution >= 4 is 0 Å². The van der Waals surface area contributed by atoms with Crippen LogP contribution in [0.2, 0.25) is 0 Å². The van der Waals surface area contributed by atoms with Crippen LogP contribution in [-0.2, 0) is 6.54 Å². The molecule has 1 fully saturated rings. The van der Waals surface area contributed by atoms with Gasteiger partial charge in [-0.05, 0) is 38.3 Å². The molecular formula is C17H27NO2. The molecule has 112 valence electrons. The Kier molecular flexibility index (Phi) is 4.92. The van der Waals surface area contributed by atoms with Gasteiger partial charge in [-0.3, -0.25) is 4.90 Å². The topological polar surface area (TPSA) is 21.7 Å². The maximum atomic E-state index is 5.72. The highest BCUT2D eigenvalue weighted by atomic mass is 16.5. The quantitative estimate of drug-likeness (QED) is 0.817. The van der Waals surface area contributed by atoms with E-state index in [-0.39, 0.29) is 0 Å². The highest BCUT2D eigenvalue weighted by Gasteiger charge is 2.24. The normalized spacial score (nSPS) is 19.6. The van der Waals surface area contributed by atoms with Crippen molar-refractivity contribution in [1.29, 1.82) is 0 Å². The average Bonchev–Trinajstić information content (AvgIpc) is 2.83. The molecule has 1 aliphatic heterocycles. The van der Waals surface area contributed by atoms with E-state index < -0.39 is 0 Å². The fraction of sp³-hybridized carbons (Fsp3) is 0.647. The van der Waals surface area contributed by atoms with Crippen LogP contribution < -0.4 is 9.47 Å². The molecule has 3 heteroatoms. The molecule has 3 nitrogen and oxygen atoms in total. The number of hydrogen-bond acceptors (Lipinski definition) is 3. The first-order valence-corrected chi connectivity index (χ1v) is 7.56. The Morgan fingerprint density at radius 2 is 2.00 bits per heavy atom. The molecule has 1 unspecified atom stereocenters. The zero-order valence-corrected chi connectivity index (χ0v) is 13.4. The molecular weight excluding hydrogens is 250 g/mol. The van der Waals surface area contributed by atoms with Gasteiger partial charge in [0.25, 0.3) is 0 Å². The number of rotatable bonds is 5. The molecule has 2 rings (SSSR count). The lowest BCUT2D eigenvalue weighted by molar-refractivity contribution is 0.255. The number of methoxy groups -OCH3 is 2. The average molecular weight is 277 g/mol. The zero-order chi connectivity index (χ0) is 14.7. The highest BCUT2D eigenvalue weighted by molar-refractivity contribution is 5.51. The van der Waals surface area contributed by atoms with Crippen molar-refractivity contribution < 1.29 is 9.47 Å². The SMILES string of the molecule is COc1ccc(CN2CCCC2C)c(OC)c1C(C)C. The molecule has 0 amide bonds. The van der Waals surface area contributed by atoms with Crippen molar-refractivity contribution in [2.24, 2.45) is 0 Å². The molecule has 0 bridgehead atoms. The van der Waals surface area contributed by atoms with Crippen molar-refractivity contribution in [3.63, 3.8) is 0 Å². The van der Waals surface area contributed by atoms with Crippen LogP contribution in [0.25, 0.3) is 0 Å². The molecule has 0 saturated carbocycles. The summed E-state index contributed by atoms with van der Waals surface area (Å²) < 4.78 is 11.2. The molecule has 0 radical (unpaired) electrons. The predicted molar refractivity (Wildman–Crippen MR) is 82.7 cm³/mol. The van der Waals surface area contributed by atoms with Gasteiger partial charge in [0, 0.05) is 23.7 Å². The fourth-order valence-electron chi connectivity index (χ4n) is 3.16. The molecule has 0 spiro atoms. The van der Waals surface area contributed by atoms with Gasteiger partial charge in [-0.15, -0.1) is 0 Å². The number of nitrogens with zero attached hydrogens (tertiary/aromatic N) is 1. The Labute approximate surface area is 122 Å². The molecule has 20 heavy (non-hydrogen) atoms. The summed E-state index contributed by atoms with van der Waals surface area (Å²) in [5.41, 5.74) is 2.45. The van der Waals surface area contributed by atoms with Gasteiger partial charge in [0.15, 0.2) is 0 Å². The third-order valence-corrected chi connectivity index (χ3v) is 4.30. The van der Waals surface area contributed by atoms with E-state index in [0.717, 1.165) is 18.0 Å². The Morgan fingerprint density at radius 1 is 1.25 bits per heavy atom. The van der Waals surface area contributed by atoms with Crippen LogP contribution in [0.4, 0.5) is 0 Å². The van der Waals surface area contributed by atoms with Crippen molar-refractivity contribution in [2.75, 3.05) is 20.8 Å². The number of benzene rings is 1.